The van der Waals surface area contributed by atoms with E-state index in [0.717, 1.165) is 13.1 Å². The molecule has 0 atom stereocenters. The van der Waals surface area contributed by atoms with Crippen LogP contribution >= 0.6 is 11.3 Å². The maximum absolute atomic E-state index is 4.39. The van der Waals surface area contributed by atoms with Crippen molar-refractivity contribution < 1.29 is 0 Å². The van der Waals surface area contributed by atoms with Crippen molar-refractivity contribution in [1.29, 1.82) is 0 Å². The zero-order valence-corrected chi connectivity index (χ0v) is 12.1. The van der Waals surface area contributed by atoms with Gasteiger partial charge in [-0.1, -0.05) is 19.3 Å². The third kappa shape index (κ3) is 2.46. The van der Waals surface area contributed by atoms with Crippen molar-refractivity contribution >= 4 is 11.3 Å². The average Bonchev–Trinajstić information content (AvgIpc) is 2.79. The lowest BCUT2D eigenvalue weighted by molar-refractivity contribution is 0.0216. The lowest BCUT2D eigenvalue weighted by Crippen LogP contribution is -2.61. The minimum absolute atomic E-state index is 0.439. The van der Waals surface area contributed by atoms with Crippen molar-refractivity contribution in [1.82, 2.24) is 15.2 Å². The summed E-state index contributed by atoms with van der Waals surface area (Å²) in [6, 6.07) is 0. The number of hydrogen-bond donors (Lipinski definition) is 1. The highest BCUT2D eigenvalue weighted by atomic mass is 32.1. The molecule has 2 heterocycles. The SMILES string of the molecule is Cc1ncc(CN2CCNCC23CCCCC3)s1. The predicted molar refractivity (Wildman–Crippen MR) is 75.9 cm³/mol. The summed E-state index contributed by atoms with van der Waals surface area (Å²) in [7, 11) is 0. The van der Waals surface area contributed by atoms with E-state index in [1.54, 1.807) is 0 Å². The molecule has 1 aromatic heterocycles. The van der Waals surface area contributed by atoms with E-state index in [-0.39, 0.29) is 0 Å². The van der Waals surface area contributed by atoms with Gasteiger partial charge in [-0.25, -0.2) is 4.98 Å². The van der Waals surface area contributed by atoms with Gasteiger partial charge in [0.15, 0.2) is 0 Å². The number of aromatic nitrogens is 1. The van der Waals surface area contributed by atoms with Gasteiger partial charge in [0.2, 0.25) is 0 Å². The number of nitrogens with zero attached hydrogens (tertiary/aromatic N) is 2. The molecular weight excluding hydrogens is 242 g/mol. The van der Waals surface area contributed by atoms with Crippen LogP contribution in [0.1, 0.15) is 42.0 Å². The molecule has 4 heteroatoms. The fourth-order valence-corrected chi connectivity index (χ4v) is 4.31. The molecule has 1 N–H and O–H groups in total. The first kappa shape index (κ1) is 12.6. The highest BCUT2D eigenvalue weighted by molar-refractivity contribution is 7.11. The van der Waals surface area contributed by atoms with Gasteiger partial charge in [-0.2, -0.15) is 0 Å². The molecule has 3 rings (SSSR count). The standard InChI is InChI=1S/C14H23N3S/c1-12-16-9-13(18-12)10-17-8-7-15-11-14(17)5-3-2-4-6-14/h9,15H,2-8,10-11H2,1H3. The van der Waals surface area contributed by atoms with Gasteiger partial charge in [0.1, 0.15) is 0 Å². The van der Waals surface area contributed by atoms with Crippen molar-refractivity contribution in [2.75, 3.05) is 19.6 Å². The molecule has 1 saturated carbocycles. The Bertz CT molecular complexity index is 387. The van der Waals surface area contributed by atoms with Crippen LogP contribution in [0, 0.1) is 6.92 Å². The number of piperazine rings is 1. The van der Waals surface area contributed by atoms with Crippen LogP contribution in [0.4, 0.5) is 0 Å². The lowest BCUT2D eigenvalue weighted by Gasteiger charge is -2.49. The summed E-state index contributed by atoms with van der Waals surface area (Å²) in [5, 5.41) is 4.80. The average molecular weight is 265 g/mol. The highest BCUT2D eigenvalue weighted by Gasteiger charge is 2.39. The Morgan fingerprint density at radius 1 is 1.39 bits per heavy atom. The van der Waals surface area contributed by atoms with E-state index >= 15 is 0 Å². The predicted octanol–water partition coefficient (Wildman–Crippen LogP) is 2.56. The highest BCUT2D eigenvalue weighted by Crippen LogP contribution is 2.35. The Hall–Kier alpha value is -0.450. The van der Waals surface area contributed by atoms with Gasteiger partial charge in [-0.05, 0) is 19.8 Å². The number of nitrogens with one attached hydrogen (secondary N) is 1. The van der Waals surface area contributed by atoms with Gasteiger partial charge < -0.3 is 5.32 Å². The Balaban J connectivity index is 1.75. The van der Waals surface area contributed by atoms with Crippen LogP contribution in [0.15, 0.2) is 6.20 Å². The summed E-state index contributed by atoms with van der Waals surface area (Å²) in [6.07, 6.45) is 9.04. The van der Waals surface area contributed by atoms with E-state index in [0.29, 0.717) is 5.54 Å². The normalized spacial score (nSPS) is 24.5. The molecule has 1 saturated heterocycles. The Labute approximate surface area is 114 Å². The Morgan fingerprint density at radius 3 is 2.94 bits per heavy atom. The summed E-state index contributed by atoms with van der Waals surface area (Å²) in [5.41, 5.74) is 0.439. The topological polar surface area (TPSA) is 28.2 Å². The third-order valence-electron chi connectivity index (χ3n) is 4.48. The second kappa shape index (κ2) is 5.27. The van der Waals surface area contributed by atoms with E-state index < -0.39 is 0 Å². The quantitative estimate of drug-likeness (QED) is 0.891. The van der Waals surface area contributed by atoms with E-state index in [1.807, 2.05) is 11.3 Å². The molecule has 0 radical (unpaired) electrons. The van der Waals surface area contributed by atoms with E-state index in [9.17, 15) is 0 Å². The molecule has 0 amide bonds. The van der Waals surface area contributed by atoms with Crippen LogP contribution in [-0.4, -0.2) is 35.1 Å². The van der Waals surface area contributed by atoms with Crippen LogP contribution in [0.5, 0.6) is 0 Å². The fourth-order valence-electron chi connectivity index (χ4n) is 3.50. The molecule has 1 aromatic rings. The molecule has 2 aliphatic rings. The Kier molecular flexibility index (Phi) is 3.68. The van der Waals surface area contributed by atoms with Crippen molar-refractivity contribution in [3.63, 3.8) is 0 Å². The fraction of sp³-hybridized carbons (Fsp3) is 0.786. The molecule has 2 fully saturated rings. The van der Waals surface area contributed by atoms with E-state index in [2.05, 4.69) is 28.3 Å². The van der Waals surface area contributed by atoms with Crippen molar-refractivity contribution in [3.05, 3.63) is 16.1 Å². The third-order valence-corrected chi connectivity index (χ3v) is 5.38. The second-order valence-corrected chi connectivity index (χ2v) is 7.05. The molecule has 0 bridgehead atoms. The molecule has 0 aromatic carbocycles. The van der Waals surface area contributed by atoms with Crippen molar-refractivity contribution in [3.8, 4) is 0 Å². The van der Waals surface area contributed by atoms with Crippen LogP contribution < -0.4 is 5.32 Å². The molecule has 1 spiro atoms. The largest absolute Gasteiger partial charge is 0.314 e. The Morgan fingerprint density at radius 2 is 2.22 bits per heavy atom. The summed E-state index contributed by atoms with van der Waals surface area (Å²) in [4.78, 5) is 8.55. The van der Waals surface area contributed by atoms with Gasteiger partial charge in [0.25, 0.3) is 0 Å². The number of aryl methyl sites for hydroxylation is 1. The molecule has 18 heavy (non-hydrogen) atoms. The molecule has 100 valence electrons. The van der Waals surface area contributed by atoms with E-state index in [4.69, 9.17) is 0 Å². The summed E-state index contributed by atoms with van der Waals surface area (Å²) in [6.45, 7) is 6.72. The molecule has 1 aliphatic carbocycles. The molecule has 1 aliphatic heterocycles. The molecular formula is C14H23N3S. The number of hydrogen-bond acceptors (Lipinski definition) is 4. The lowest BCUT2D eigenvalue weighted by atomic mass is 9.79. The first-order chi connectivity index (χ1) is 8.78. The smallest absolute Gasteiger partial charge is 0.0897 e. The zero-order valence-electron chi connectivity index (χ0n) is 11.2. The minimum Gasteiger partial charge on any atom is -0.314 e. The second-order valence-electron chi connectivity index (χ2n) is 5.73. The summed E-state index contributed by atoms with van der Waals surface area (Å²) >= 11 is 1.86. The van der Waals surface area contributed by atoms with Gasteiger partial charge in [0.05, 0.1) is 5.01 Å². The summed E-state index contributed by atoms with van der Waals surface area (Å²) < 4.78 is 0. The van der Waals surface area contributed by atoms with Crippen LogP contribution in [-0.2, 0) is 6.54 Å². The summed E-state index contributed by atoms with van der Waals surface area (Å²) in [5.74, 6) is 0. The maximum Gasteiger partial charge on any atom is 0.0897 e. The zero-order chi connectivity index (χ0) is 12.4. The van der Waals surface area contributed by atoms with Gasteiger partial charge in [0, 0.05) is 42.8 Å². The van der Waals surface area contributed by atoms with Crippen molar-refractivity contribution in [2.24, 2.45) is 0 Å². The minimum atomic E-state index is 0.439. The first-order valence-electron chi connectivity index (χ1n) is 7.16. The number of rotatable bonds is 2. The van der Waals surface area contributed by atoms with Gasteiger partial charge >= 0.3 is 0 Å². The van der Waals surface area contributed by atoms with Gasteiger partial charge in [-0.3, -0.25) is 4.90 Å². The first-order valence-corrected chi connectivity index (χ1v) is 7.97. The van der Waals surface area contributed by atoms with Crippen LogP contribution in [0.2, 0.25) is 0 Å². The monoisotopic (exact) mass is 265 g/mol. The number of thiazole rings is 1. The molecule has 3 nitrogen and oxygen atoms in total. The van der Waals surface area contributed by atoms with E-state index in [1.165, 1.54) is 55.1 Å². The molecule has 0 unspecified atom stereocenters. The van der Waals surface area contributed by atoms with Crippen LogP contribution in [0.3, 0.4) is 0 Å². The van der Waals surface area contributed by atoms with Crippen molar-refractivity contribution in [2.45, 2.75) is 51.1 Å². The van der Waals surface area contributed by atoms with Gasteiger partial charge in [-0.15, -0.1) is 11.3 Å². The van der Waals surface area contributed by atoms with Crippen LogP contribution in [0.25, 0.3) is 0 Å². The maximum atomic E-state index is 4.39.